The molecule has 2 aromatic carbocycles. The molecule has 224 valence electrons. The largest absolute Gasteiger partial charge is 0.494 e. The standard InChI is InChI=1S/C30H34F3N5O4/c1-29(2,3)38(28(40)41)20-10-8-12-36(16-20)27(39)19-13-21-25(24(15-19)42-5)35(4)26(34-21)23-14-18-9-6-7-11-22(18)37(23)17-30(31,32)33/h6-7,9,11,13-15,20H,8,10,12,16-17H2,1-5H3,(H,40,41). The average Bonchev–Trinajstić information content (AvgIpc) is 3.43. The highest BCUT2D eigenvalue weighted by atomic mass is 19.4. The van der Waals surface area contributed by atoms with Gasteiger partial charge in [-0.3, -0.25) is 9.69 Å². The van der Waals surface area contributed by atoms with Gasteiger partial charge in [0.2, 0.25) is 0 Å². The van der Waals surface area contributed by atoms with Crippen molar-refractivity contribution in [1.29, 1.82) is 0 Å². The molecule has 2 aromatic heterocycles. The molecule has 0 saturated carbocycles. The number of hydrogen-bond donors (Lipinski definition) is 1. The number of aryl methyl sites for hydroxylation is 1. The third-order valence-electron chi connectivity index (χ3n) is 7.76. The number of methoxy groups -OCH3 is 1. The SMILES string of the molecule is COc1cc(C(=O)N2CCCC(N(C(=O)O)C(C)(C)C)C2)cc2nc(-c3cc4ccccc4n3CC(F)(F)F)n(C)c12. The quantitative estimate of drug-likeness (QED) is 0.303. The van der Waals surface area contributed by atoms with Gasteiger partial charge in [-0.1, -0.05) is 18.2 Å². The van der Waals surface area contributed by atoms with Gasteiger partial charge in [0.05, 0.1) is 24.4 Å². The number of halogens is 3. The van der Waals surface area contributed by atoms with Crippen LogP contribution in [0.2, 0.25) is 0 Å². The van der Waals surface area contributed by atoms with Crippen LogP contribution in [-0.4, -0.2) is 79.0 Å². The molecule has 0 spiro atoms. The molecule has 1 N–H and O–H groups in total. The summed E-state index contributed by atoms with van der Waals surface area (Å²) in [5.74, 6) is 0.359. The summed E-state index contributed by atoms with van der Waals surface area (Å²) < 4.78 is 49.4. The number of rotatable bonds is 5. The summed E-state index contributed by atoms with van der Waals surface area (Å²) in [5.41, 5.74) is 1.33. The lowest BCUT2D eigenvalue weighted by molar-refractivity contribution is -0.139. The van der Waals surface area contributed by atoms with Gasteiger partial charge in [0.25, 0.3) is 5.91 Å². The Hall–Kier alpha value is -4.22. The fraction of sp³-hybridized carbons (Fsp3) is 0.433. The minimum atomic E-state index is -4.45. The second-order valence-electron chi connectivity index (χ2n) is 11.7. The summed E-state index contributed by atoms with van der Waals surface area (Å²) >= 11 is 0. The Morgan fingerprint density at radius 1 is 1.14 bits per heavy atom. The molecule has 9 nitrogen and oxygen atoms in total. The predicted molar refractivity (Wildman–Crippen MR) is 153 cm³/mol. The van der Waals surface area contributed by atoms with Crippen molar-refractivity contribution in [3.05, 3.63) is 48.0 Å². The fourth-order valence-corrected chi connectivity index (χ4v) is 6.09. The van der Waals surface area contributed by atoms with Crippen molar-refractivity contribution in [2.24, 2.45) is 7.05 Å². The number of ether oxygens (including phenoxy) is 1. The number of para-hydroxylation sites is 1. The van der Waals surface area contributed by atoms with Crippen molar-refractivity contribution in [3.8, 4) is 17.3 Å². The third-order valence-corrected chi connectivity index (χ3v) is 7.76. The van der Waals surface area contributed by atoms with Crippen molar-refractivity contribution in [2.45, 2.75) is 57.9 Å². The molecule has 1 fully saturated rings. The van der Waals surface area contributed by atoms with Gasteiger partial charge in [0.15, 0.2) is 5.82 Å². The lowest BCUT2D eigenvalue weighted by Gasteiger charge is -2.44. The van der Waals surface area contributed by atoms with Gasteiger partial charge >= 0.3 is 12.3 Å². The number of aromatic nitrogens is 3. The molecule has 3 heterocycles. The van der Waals surface area contributed by atoms with Gasteiger partial charge in [-0.15, -0.1) is 0 Å². The highest BCUT2D eigenvalue weighted by molar-refractivity contribution is 6.00. The Balaban J connectivity index is 1.55. The van der Waals surface area contributed by atoms with Crippen molar-refractivity contribution in [2.75, 3.05) is 20.2 Å². The smallest absolute Gasteiger partial charge is 0.408 e. The van der Waals surface area contributed by atoms with E-state index in [1.54, 1.807) is 59.0 Å². The normalized spacial score (nSPS) is 16.3. The van der Waals surface area contributed by atoms with Gasteiger partial charge in [-0.05, 0) is 57.9 Å². The second-order valence-corrected chi connectivity index (χ2v) is 11.7. The van der Waals surface area contributed by atoms with Crippen LogP contribution in [0.15, 0.2) is 42.5 Å². The third kappa shape index (κ3) is 5.37. The summed E-state index contributed by atoms with van der Waals surface area (Å²) in [5, 5.41) is 10.5. The number of hydrogen-bond acceptors (Lipinski definition) is 4. The number of carbonyl (C=O) groups is 2. The molecule has 1 saturated heterocycles. The highest BCUT2D eigenvalue weighted by Gasteiger charge is 2.37. The summed E-state index contributed by atoms with van der Waals surface area (Å²) in [6, 6.07) is 11.4. The molecular weight excluding hydrogens is 551 g/mol. The molecule has 1 unspecified atom stereocenters. The average molecular weight is 586 g/mol. The molecule has 42 heavy (non-hydrogen) atoms. The number of carbonyl (C=O) groups excluding carboxylic acids is 1. The van der Waals surface area contributed by atoms with E-state index in [1.165, 1.54) is 16.6 Å². The first-order valence-corrected chi connectivity index (χ1v) is 13.7. The number of amides is 2. The zero-order valence-corrected chi connectivity index (χ0v) is 24.2. The second kappa shape index (κ2) is 10.6. The zero-order valence-electron chi connectivity index (χ0n) is 24.2. The Bertz CT molecular complexity index is 1670. The van der Waals surface area contributed by atoms with Crippen molar-refractivity contribution >= 4 is 33.9 Å². The van der Waals surface area contributed by atoms with Crippen LogP contribution in [0.5, 0.6) is 5.75 Å². The van der Waals surface area contributed by atoms with E-state index < -0.39 is 24.4 Å². The van der Waals surface area contributed by atoms with E-state index in [0.717, 1.165) is 0 Å². The van der Waals surface area contributed by atoms with Gasteiger partial charge in [0.1, 0.15) is 17.8 Å². The van der Waals surface area contributed by atoms with E-state index in [-0.39, 0.29) is 24.2 Å². The first-order valence-electron chi connectivity index (χ1n) is 13.7. The van der Waals surface area contributed by atoms with Crippen LogP contribution >= 0.6 is 0 Å². The number of fused-ring (bicyclic) bond motifs is 2. The molecule has 0 radical (unpaired) electrons. The van der Waals surface area contributed by atoms with Crippen LogP contribution in [0, 0.1) is 0 Å². The number of imidazole rings is 1. The van der Waals surface area contributed by atoms with Crippen LogP contribution < -0.4 is 4.74 Å². The van der Waals surface area contributed by atoms with Gasteiger partial charge in [-0.2, -0.15) is 13.2 Å². The number of carboxylic acid groups (broad SMARTS) is 1. The highest BCUT2D eigenvalue weighted by Crippen LogP contribution is 2.36. The van der Waals surface area contributed by atoms with Gasteiger partial charge in [0, 0.05) is 42.1 Å². The zero-order chi connectivity index (χ0) is 30.6. The number of benzene rings is 2. The van der Waals surface area contributed by atoms with E-state index in [0.29, 0.717) is 58.5 Å². The Kier molecular flexibility index (Phi) is 7.36. The summed E-state index contributed by atoms with van der Waals surface area (Å²) in [6.45, 7) is 5.01. The fourth-order valence-electron chi connectivity index (χ4n) is 6.09. The van der Waals surface area contributed by atoms with E-state index in [1.807, 2.05) is 20.8 Å². The van der Waals surface area contributed by atoms with Crippen molar-refractivity contribution in [1.82, 2.24) is 23.9 Å². The van der Waals surface area contributed by atoms with Crippen LogP contribution in [0.1, 0.15) is 44.0 Å². The first-order chi connectivity index (χ1) is 19.7. The Labute approximate surface area is 241 Å². The first kappa shape index (κ1) is 29.3. The molecule has 4 aromatic rings. The van der Waals surface area contributed by atoms with Gasteiger partial charge < -0.3 is 23.9 Å². The molecule has 1 atom stereocenters. The Morgan fingerprint density at radius 3 is 2.50 bits per heavy atom. The summed E-state index contributed by atoms with van der Waals surface area (Å²) in [4.78, 5) is 33.5. The van der Waals surface area contributed by atoms with Crippen molar-refractivity contribution in [3.63, 3.8) is 0 Å². The summed E-state index contributed by atoms with van der Waals surface area (Å²) in [7, 11) is 3.16. The number of alkyl halides is 3. The number of nitrogens with zero attached hydrogens (tertiary/aromatic N) is 5. The van der Waals surface area contributed by atoms with E-state index >= 15 is 0 Å². The number of likely N-dealkylation sites (tertiary alicyclic amines) is 1. The maximum absolute atomic E-state index is 13.7. The van der Waals surface area contributed by atoms with Crippen LogP contribution in [0.3, 0.4) is 0 Å². The number of piperidine rings is 1. The molecule has 5 rings (SSSR count). The molecular formula is C30H34F3N5O4. The lowest BCUT2D eigenvalue weighted by Crippen LogP contribution is -2.57. The van der Waals surface area contributed by atoms with Crippen LogP contribution in [-0.2, 0) is 13.6 Å². The Morgan fingerprint density at radius 2 is 1.86 bits per heavy atom. The molecule has 1 aliphatic heterocycles. The predicted octanol–water partition coefficient (Wildman–Crippen LogP) is 6.15. The summed E-state index contributed by atoms with van der Waals surface area (Å²) in [6.07, 6.45) is -4.19. The van der Waals surface area contributed by atoms with E-state index in [9.17, 15) is 27.9 Å². The minimum absolute atomic E-state index is 0.244. The molecule has 0 aliphatic carbocycles. The van der Waals surface area contributed by atoms with Crippen molar-refractivity contribution < 1.29 is 32.6 Å². The van der Waals surface area contributed by atoms with E-state index in [2.05, 4.69) is 0 Å². The van der Waals surface area contributed by atoms with Gasteiger partial charge in [-0.25, -0.2) is 9.78 Å². The van der Waals surface area contributed by atoms with Crippen LogP contribution in [0.25, 0.3) is 33.5 Å². The minimum Gasteiger partial charge on any atom is -0.494 e. The lowest BCUT2D eigenvalue weighted by atomic mass is 9.97. The molecule has 0 bridgehead atoms. The maximum atomic E-state index is 13.7. The monoisotopic (exact) mass is 585 g/mol. The maximum Gasteiger partial charge on any atom is 0.408 e. The molecule has 1 aliphatic rings. The van der Waals surface area contributed by atoms with E-state index in [4.69, 9.17) is 9.72 Å². The topological polar surface area (TPSA) is 92.8 Å². The van der Waals surface area contributed by atoms with Crippen LogP contribution in [0.4, 0.5) is 18.0 Å². The molecule has 2 amide bonds. The molecule has 12 heteroatoms.